The number of carbonyl (C=O) groups is 1. The van der Waals surface area contributed by atoms with E-state index in [4.69, 9.17) is 0 Å². The third kappa shape index (κ3) is 1.21. The van der Waals surface area contributed by atoms with Crippen molar-refractivity contribution in [1.29, 1.82) is 0 Å². The number of Topliss-reactive ketones (excluding diaryl/α,β-unsaturated/α-hetero) is 1. The van der Waals surface area contributed by atoms with Gasteiger partial charge in [0.1, 0.15) is 5.78 Å². The third-order valence-corrected chi connectivity index (χ3v) is 6.11. The first-order chi connectivity index (χ1) is 7.45. The van der Waals surface area contributed by atoms with Crippen molar-refractivity contribution in [3.05, 3.63) is 0 Å². The van der Waals surface area contributed by atoms with Gasteiger partial charge in [-0.15, -0.1) is 0 Å². The topological polar surface area (TPSA) is 17.1 Å². The van der Waals surface area contributed by atoms with E-state index in [0.717, 1.165) is 24.7 Å². The second-order valence-electron chi connectivity index (χ2n) is 7.36. The van der Waals surface area contributed by atoms with Crippen LogP contribution in [0.1, 0.15) is 59.3 Å². The molecule has 0 aromatic heterocycles. The molecule has 4 bridgehead atoms. The summed E-state index contributed by atoms with van der Waals surface area (Å²) in [5.41, 5.74) is 0.524. The van der Waals surface area contributed by atoms with Gasteiger partial charge in [0.25, 0.3) is 0 Å². The molecule has 0 aromatic rings. The van der Waals surface area contributed by atoms with Gasteiger partial charge in [0.05, 0.1) is 0 Å². The summed E-state index contributed by atoms with van der Waals surface area (Å²) in [7, 11) is 0. The van der Waals surface area contributed by atoms with Crippen LogP contribution in [-0.4, -0.2) is 5.78 Å². The molecule has 0 heterocycles. The van der Waals surface area contributed by atoms with Crippen molar-refractivity contribution in [2.24, 2.45) is 28.6 Å². The van der Waals surface area contributed by atoms with Gasteiger partial charge >= 0.3 is 0 Å². The molecular formula is C15H24O. The molecular weight excluding hydrogens is 196 g/mol. The Bertz CT molecular complexity index is 330. The molecule has 0 amide bonds. The van der Waals surface area contributed by atoms with E-state index >= 15 is 0 Å². The molecule has 3 saturated carbocycles. The first-order valence-corrected chi connectivity index (χ1v) is 6.98. The van der Waals surface area contributed by atoms with Crippen LogP contribution >= 0.6 is 0 Å². The van der Waals surface area contributed by atoms with Crippen molar-refractivity contribution in [2.45, 2.75) is 59.3 Å². The highest BCUT2D eigenvalue weighted by Crippen LogP contribution is 2.63. The summed E-state index contributed by atoms with van der Waals surface area (Å²) in [5, 5.41) is 0. The zero-order valence-corrected chi connectivity index (χ0v) is 10.9. The van der Waals surface area contributed by atoms with Gasteiger partial charge in [0.2, 0.25) is 0 Å². The molecule has 16 heavy (non-hydrogen) atoms. The lowest BCUT2D eigenvalue weighted by Gasteiger charge is -2.46. The lowest BCUT2D eigenvalue weighted by atomic mass is 9.57. The molecule has 0 aromatic carbocycles. The van der Waals surface area contributed by atoms with Crippen LogP contribution < -0.4 is 0 Å². The van der Waals surface area contributed by atoms with Gasteiger partial charge in [0.15, 0.2) is 0 Å². The summed E-state index contributed by atoms with van der Waals surface area (Å²) >= 11 is 0. The van der Waals surface area contributed by atoms with Crippen molar-refractivity contribution in [3.63, 3.8) is 0 Å². The standard InChI is InChI=1S/C15H24O/c1-14(2)7-4-8-15(3)11-6-5-10(13(11)14)9-12(15)16/h10-11,13H,4-9H2,1-3H3/t10-,11-,13+,15-/m1/s1. The molecule has 3 aliphatic rings. The first-order valence-electron chi connectivity index (χ1n) is 6.98. The van der Waals surface area contributed by atoms with E-state index in [-0.39, 0.29) is 5.41 Å². The van der Waals surface area contributed by atoms with E-state index in [0.29, 0.717) is 17.1 Å². The molecule has 0 aliphatic heterocycles. The molecule has 90 valence electrons. The maximum Gasteiger partial charge on any atom is 0.139 e. The summed E-state index contributed by atoms with van der Waals surface area (Å²) in [5.74, 6) is 2.85. The highest BCUT2D eigenvalue weighted by Gasteiger charge is 2.59. The predicted octanol–water partition coefficient (Wildman–Crippen LogP) is 3.82. The summed E-state index contributed by atoms with van der Waals surface area (Å²) in [6, 6.07) is 0. The van der Waals surface area contributed by atoms with Crippen LogP contribution in [0.5, 0.6) is 0 Å². The molecule has 1 nitrogen and oxygen atoms in total. The molecule has 0 radical (unpaired) electrons. The normalized spacial score (nSPS) is 50.2. The van der Waals surface area contributed by atoms with Crippen molar-refractivity contribution < 1.29 is 4.79 Å². The van der Waals surface area contributed by atoms with Crippen LogP contribution in [0.4, 0.5) is 0 Å². The van der Waals surface area contributed by atoms with Crippen molar-refractivity contribution >= 4 is 5.78 Å². The van der Waals surface area contributed by atoms with E-state index < -0.39 is 0 Å². The number of hydrogen-bond acceptors (Lipinski definition) is 1. The fourth-order valence-electron chi connectivity index (χ4n) is 5.29. The highest BCUT2D eigenvalue weighted by molar-refractivity contribution is 5.86. The van der Waals surface area contributed by atoms with Crippen LogP contribution in [0, 0.1) is 28.6 Å². The first kappa shape index (κ1) is 10.8. The minimum absolute atomic E-state index is 0.0471. The van der Waals surface area contributed by atoms with Gasteiger partial charge in [-0.25, -0.2) is 0 Å². The Balaban J connectivity index is 2.08. The SMILES string of the molecule is CC1(C)CCC[C@@]2(C)C(=O)C[C@H]3CC[C@@H]2[C@H]31. The molecule has 0 unspecified atom stereocenters. The molecule has 4 atom stereocenters. The van der Waals surface area contributed by atoms with Crippen LogP contribution in [0.2, 0.25) is 0 Å². The second-order valence-corrected chi connectivity index (χ2v) is 7.36. The van der Waals surface area contributed by atoms with Gasteiger partial charge in [-0.1, -0.05) is 27.2 Å². The van der Waals surface area contributed by atoms with Gasteiger partial charge in [-0.3, -0.25) is 4.79 Å². The lowest BCUT2D eigenvalue weighted by Crippen LogP contribution is -2.46. The Labute approximate surface area is 99.0 Å². The Morgan fingerprint density at radius 3 is 2.62 bits per heavy atom. The fraction of sp³-hybridized carbons (Fsp3) is 0.933. The number of hydrogen-bond donors (Lipinski definition) is 0. The summed E-state index contributed by atoms with van der Waals surface area (Å²) in [4.78, 5) is 12.4. The molecule has 0 N–H and O–H groups in total. The largest absolute Gasteiger partial charge is 0.299 e. The van der Waals surface area contributed by atoms with E-state index in [1.54, 1.807) is 0 Å². The summed E-state index contributed by atoms with van der Waals surface area (Å²) < 4.78 is 0. The zero-order valence-electron chi connectivity index (χ0n) is 10.9. The van der Waals surface area contributed by atoms with Crippen molar-refractivity contribution in [1.82, 2.24) is 0 Å². The number of ketones is 1. The monoisotopic (exact) mass is 220 g/mol. The average Bonchev–Trinajstić information content (AvgIpc) is 2.52. The van der Waals surface area contributed by atoms with Gasteiger partial charge in [-0.05, 0) is 48.9 Å². The van der Waals surface area contributed by atoms with E-state index in [2.05, 4.69) is 20.8 Å². The van der Waals surface area contributed by atoms with Gasteiger partial charge in [-0.2, -0.15) is 0 Å². The van der Waals surface area contributed by atoms with Crippen LogP contribution in [-0.2, 0) is 4.79 Å². The number of rotatable bonds is 0. The van der Waals surface area contributed by atoms with E-state index in [1.807, 2.05) is 0 Å². The molecule has 0 saturated heterocycles. The second kappa shape index (κ2) is 3.11. The zero-order chi connectivity index (χ0) is 11.6. The van der Waals surface area contributed by atoms with Crippen LogP contribution in [0.3, 0.4) is 0 Å². The Kier molecular flexibility index (Phi) is 2.10. The van der Waals surface area contributed by atoms with E-state index in [9.17, 15) is 4.79 Å². The molecule has 0 spiro atoms. The molecule has 1 heteroatoms. The summed E-state index contributed by atoms with van der Waals surface area (Å²) in [6.07, 6.45) is 7.27. The molecule has 3 fully saturated rings. The van der Waals surface area contributed by atoms with Gasteiger partial charge in [0, 0.05) is 11.8 Å². The lowest BCUT2D eigenvalue weighted by molar-refractivity contribution is -0.138. The quantitative estimate of drug-likeness (QED) is 0.606. The fourth-order valence-corrected chi connectivity index (χ4v) is 5.29. The molecule has 3 aliphatic carbocycles. The maximum atomic E-state index is 12.4. The summed E-state index contributed by atoms with van der Waals surface area (Å²) in [6.45, 7) is 7.17. The maximum absolute atomic E-state index is 12.4. The van der Waals surface area contributed by atoms with Crippen LogP contribution in [0.15, 0.2) is 0 Å². The highest BCUT2D eigenvalue weighted by atomic mass is 16.1. The van der Waals surface area contributed by atoms with Gasteiger partial charge < -0.3 is 0 Å². The Hall–Kier alpha value is -0.330. The Morgan fingerprint density at radius 2 is 1.88 bits per heavy atom. The van der Waals surface area contributed by atoms with Crippen molar-refractivity contribution in [2.75, 3.05) is 0 Å². The average molecular weight is 220 g/mol. The number of carbonyl (C=O) groups excluding carboxylic acids is 1. The minimum atomic E-state index is 0.0471. The smallest absolute Gasteiger partial charge is 0.139 e. The molecule has 3 rings (SSSR count). The van der Waals surface area contributed by atoms with Crippen LogP contribution in [0.25, 0.3) is 0 Å². The van der Waals surface area contributed by atoms with E-state index in [1.165, 1.54) is 25.7 Å². The Morgan fingerprint density at radius 1 is 1.12 bits per heavy atom. The predicted molar refractivity (Wildman–Crippen MR) is 65.1 cm³/mol. The minimum Gasteiger partial charge on any atom is -0.299 e. The third-order valence-electron chi connectivity index (χ3n) is 6.11. The van der Waals surface area contributed by atoms with Crippen molar-refractivity contribution in [3.8, 4) is 0 Å².